The number of hydrogen-bond acceptors (Lipinski definition) is 2. The Balaban J connectivity index is 1.99. The Bertz CT molecular complexity index is 481. The molecule has 0 amide bonds. The van der Waals surface area contributed by atoms with Crippen molar-refractivity contribution in [2.75, 3.05) is 0 Å². The second kappa shape index (κ2) is 3.96. The van der Waals surface area contributed by atoms with Gasteiger partial charge in [0.2, 0.25) is 0 Å². The number of allylic oxidation sites excluding steroid dienone is 2. The Labute approximate surface area is 94.1 Å². The molecule has 16 heavy (non-hydrogen) atoms. The molecule has 82 valence electrons. The van der Waals surface area contributed by atoms with E-state index in [9.17, 15) is 0 Å². The standard InChI is InChI=1S/C12H14N4/c1-2-4-10(5-3-1)16-9-8-15-12(16)11-13-6-7-14-11/h2,4,6-10H,1,3,5H2,(H,13,14). The number of rotatable bonds is 2. The Morgan fingerprint density at radius 3 is 3.06 bits per heavy atom. The molecule has 0 radical (unpaired) electrons. The van der Waals surface area contributed by atoms with Crippen LogP contribution < -0.4 is 0 Å². The first-order valence-electron chi connectivity index (χ1n) is 5.64. The number of hydrogen-bond donors (Lipinski definition) is 1. The molecule has 1 unspecified atom stereocenters. The lowest BCUT2D eigenvalue weighted by atomic mass is 10.0. The summed E-state index contributed by atoms with van der Waals surface area (Å²) in [7, 11) is 0. The van der Waals surface area contributed by atoms with Crippen molar-refractivity contribution in [1.29, 1.82) is 0 Å². The summed E-state index contributed by atoms with van der Waals surface area (Å²) in [5, 5.41) is 0. The van der Waals surface area contributed by atoms with E-state index in [1.807, 2.05) is 18.6 Å². The number of nitrogens with one attached hydrogen (secondary N) is 1. The highest BCUT2D eigenvalue weighted by Crippen LogP contribution is 2.26. The maximum Gasteiger partial charge on any atom is 0.176 e. The lowest BCUT2D eigenvalue weighted by Gasteiger charge is -2.19. The third-order valence-corrected chi connectivity index (χ3v) is 2.96. The fourth-order valence-electron chi connectivity index (χ4n) is 2.18. The van der Waals surface area contributed by atoms with Crippen LogP contribution in [0.1, 0.15) is 25.3 Å². The molecule has 4 heteroatoms. The predicted octanol–water partition coefficient (Wildman–Crippen LogP) is 2.55. The molecule has 0 aliphatic heterocycles. The van der Waals surface area contributed by atoms with Gasteiger partial charge in [-0.3, -0.25) is 0 Å². The van der Waals surface area contributed by atoms with Crippen molar-refractivity contribution >= 4 is 0 Å². The normalized spacial score (nSPS) is 20.1. The molecule has 0 spiro atoms. The first-order valence-corrected chi connectivity index (χ1v) is 5.64. The average molecular weight is 214 g/mol. The van der Waals surface area contributed by atoms with Gasteiger partial charge in [0.25, 0.3) is 0 Å². The van der Waals surface area contributed by atoms with Gasteiger partial charge in [0, 0.05) is 24.8 Å². The smallest absolute Gasteiger partial charge is 0.176 e. The van der Waals surface area contributed by atoms with Gasteiger partial charge in [-0.05, 0) is 19.3 Å². The molecule has 4 nitrogen and oxygen atoms in total. The third kappa shape index (κ3) is 1.56. The van der Waals surface area contributed by atoms with Crippen LogP contribution in [0.2, 0.25) is 0 Å². The summed E-state index contributed by atoms with van der Waals surface area (Å²) in [5.74, 6) is 1.76. The van der Waals surface area contributed by atoms with Gasteiger partial charge in [0.05, 0.1) is 6.04 Å². The molecule has 0 fully saturated rings. The predicted molar refractivity (Wildman–Crippen MR) is 61.8 cm³/mol. The summed E-state index contributed by atoms with van der Waals surface area (Å²) < 4.78 is 2.19. The van der Waals surface area contributed by atoms with Crippen molar-refractivity contribution in [3.8, 4) is 11.6 Å². The summed E-state index contributed by atoms with van der Waals surface area (Å²) in [6.07, 6.45) is 15.6. The minimum Gasteiger partial charge on any atom is -0.342 e. The van der Waals surface area contributed by atoms with Gasteiger partial charge in [-0.2, -0.15) is 0 Å². The first kappa shape index (κ1) is 9.39. The van der Waals surface area contributed by atoms with Gasteiger partial charge in [0.15, 0.2) is 11.6 Å². The quantitative estimate of drug-likeness (QED) is 0.781. The molecule has 2 heterocycles. The van der Waals surface area contributed by atoms with E-state index in [1.165, 1.54) is 19.3 Å². The van der Waals surface area contributed by atoms with Crippen LogP contribution in [0.3, 0.4) is 0 Å². The highest BCUT2D eigenvalue weighted by atomic mass is 15.1. The summed E-state index contributed by atoms with van der Waals surface area (Å²) in [4.78, 5) is 11.7. The largest absolute Gasteiger partial charge is 0.342 e. The topological polar surface area (TPSA) is 46.5 Å². The Morgan fingerprint density at radius 2 is 2.31 bits per heavy atom. The molecule has 2 aromatic heterocycles. The molecule has 0 bridgehead atoms. The van der Waals surface area contributed by atoms with Gasteiger partial charge < -0.3 is 9.55 Å². The van der Waals surface area contributed by atoms with E-state index < -0.39 is 0 Å². The van der Waals surface area contributed by atoms with Gasteiger partial charge in [0.1, 0.15) is 0 Å². The molecule has 3 rings (SSSR count). The van der Waals surface area contributed by atoms with E-state index in [0.717, 1.165) is 11.6 Å². The zero-order chi connectivity index (χ0) is 10.8. The average Bonchev–Trinajstić information content (AvgIpc) is 3.01. The minimum atomic E-state index is 0.427. The summed E-state index contributed by atoms with van der Waals surface area (Å²) in [6, 6.07) is 0.427. The fraction of sp³-hybridized carbons (Fsp3) is 0.333. The summed E-state index contributed by atoms with van der Waals surface area (Å²) >= 11 is 0. The highest BCUT2D eigenvalue weighted by molar-refractivity contribution is 5.44. The van der Waals surface area contributed by atoms with Crippen LogP contribution in [-0.4, -0.2) is 19.5 Å². The van der Waals surface area contributed by atoms with E-state index in [4.69, 9.17) is 0 Å². The highest BCUT2D eigenvalue weighted by Gasteiger charge is 2.15. The van der Waals surface area contributed by atoms with Crippen molar-refractivity contribution in [3.63, 3.8) is 0 Å². The van der Waals surface area contributed by atoms with Crippen molar-refractivity contribution in [2.24, 2.45) is 0 Å². The number of aromatic nitrogens is 4. The van der Waals surface area contributed by atoms with Crippen LogP contribution in [0.5, 0.6) is 0 Å². The molecule has 0 aromatic carbocycles. The Hall–Kier alpha value is -1.84. The van der Waals surface area contributed by atoms with Crippen LogP contribution in [0.25, 0.3) is 11.6 Å². The lowest BCUT2D eigenvalue weighted by molar-refractivity contribution is 0.520. The molecule has 1 N–H and O–H groups in total. The van der Waals surface area contributed by atoms with Crippen molar-refractivity contribution < 1.29 is 0 Å². The molecule has 1 atom stereocenters. The zero-order valence-corrected chi connectivity index (χ0v) is 9.00. The van der Waals surface area contributed by atoms with E-state index in [2.05, 4.69) is 31.7 Å². The van der Waals surface area contributed by atoms with Crippen LogP contribution in [-0.2, 0) is 0 Å². The lowest BCUT2D eigenvalue weighted by Crippen LogP contribution is -2.09. The van der Waals surface area contributed by atoms with Crippen LogP contribution in [0.4, 0.5) is 0 Å². The van der Waals surface area contributed by atoms with Crippen molar-refractivity contribution in [2.45, 2.75) is 25.3 Å². The van der Waals surface area contributed by atoms with Gasteiger partial charge in [-0.1, -0.05) is 12.2 Å². The third-order valence-electron chi connectivity index (χ3n) is 2.96. The first-order chi connectivity index (χ1) is 7.95. The second-order valence-corrected chi connectivity index (χ2v) is 4.02. The number of H-pyrrole nitrogens is 1. The SMILES string of the molecule is C1=CC(n2ccnc2-c2ncc[nH]2)CCC1. The van der Waals surface area contributed by atoms with Crippen molar-refractivity contribution in [3.05, 3.63) is 36.9 Å². The molecule has 0 saturated heterocycles. The van der Waals surface area contributed by atoms with E-state index in [-0.39, 0.29) is 0 Å². The fourth-order valence-corrected chi connectivity index (χ4v) is 2.18. The minimum absolute atomic E-state index is 0.427. The molecular weight excluding hydrogens is 200 g/mol. The summed E-state index contributed by atoms with van der Waals surface area (Å²) in [5.41, 5.74) is 0. The number of nitrogens with zero attached hydrogens (tertiary/aromatic N) is 3. The number of aromatic amines is 1. The van der Waals surface area contributed by atoms with E-state index >= 15 is 0 Å². The van der Waals surface area contributed by atoms with Crippen LogP contribution in [0.15, 0.2) is 36.9 Å². The molecule has 1 aliphatic rings. The maximum atomic E-state index is 4.37. The zero-order valence-electron chi connectivity index (χ0n) is 9.00. The van der Waals surface area contributed by atoms with Gasteiger partial charge >= 0.3 is 0 Å². The van der Waals surface area contributed by atoms with E-state index in [0.29, 0.717) is 6.04 Å². The van der Waals surface area contributed by atoms with Gasteiger partial charge in [-0.25, -0.2) is 9.97 Å². The maximum absolute atomic E-state index is 4.37. The Kier molecular flexibility index (Phi) is 2.33. The van der Waals surface area contributed by atoms with Crippen LogP contribution in [0, 0.1) is 0 Å². The van der Waals surface area contributed by atoms with Crippen LogP contribution >= 0.6 is 0 Å². The van der Waals surface area contributed by atoms with Gasteiger partial charge in [-0.15, -0.1) is 0 Å². The second-order valence-electron chi connectivity index (χ2n) is 4.02. The number of imidazole rings is 2. The van der Waals surface area contributed by atoms with E-state index in [1.54, 1.807) is 6.20 Å². The molecule has 1 aliphatic carbocycles. The summed E-state index contributed by atoms with van der Waals surface area (Å²) in [6.45, 7) is 0. The molecule has 0 saturated carbocycles. The molecular formula is C12H14N4. The molecule has 2 aromatic rings. The van der Waals surface area contributed by atoms with Crippen molar-refractivity contribution in [1.82, 2.24) is 19.5 Å². The monoisotopic (exact) mass is 214 g/mol. The Morgan fingerprint density at radius 1 is 1.31 bits per heavy atom.